The number of nitrogens with one attached hydrogen (secondary N) is 1. The second-order valence-electron chi connectivity index (χ2n) is 7.40. The van der Waals surface area contributed by atoms with E-state index in [1.807, 2.05) is 36.0 Å². The molecule has 7 nitrogen and oxygen atoms in total. The number of alkyl halides is 3. The summed E-state index contributed by atoms with van der Waals surface area (Å²) in [7, 11) is 0. The lowest BCUT2D eigenvalue weighted by molar-refractivity contribution is -0.123. The van der Waals surface area contributed by atoms with Crippen LogP contribution in [-0.2, 0) is 6.54 Å². The molecule has 3 aromatic heterocycles. The molecule has 0 spiro atoms. The fourth-order valence-corrected chi connectivity index (χ4v) is 4.21. The first-order valence-electron chi connectivity index (χ1n) is 9.73. The average molecular weight is 408 g/mol. The third-order valence-electron chi connectivity index (χ3n) is 5.69. The summed E-state index contributed by atoms with van der Waals surface area (Å²) in [6, 6.07) is 1.31. The molecule has 0 saturated carbocycles. The molecule has 1 saturated heterocycles. The zero-order valence-electron chi connectivity index (χ0n) is 16.3. The summed E-state index contributed by atoms with van der Waals surface area (Å²) in [4.78, 5) is 22.7. The Labute approximate surface area is 165 Å². The van der Waals surface area contributed by atoms with Crippen LogP contribution in [0.5, 0.6) is 0 Å². The van der Waals surface area contributed by atoms with Crippen LogP contribution < -0.4 is 5.32 Å². The fourth-order valence-electron chi connectivity index (χ4n) is 4.21. The van der Waals surface area contributed by atoms with Crippen molar-refractivity contribution < 1.29 is 18.0 Å². The number of halogens is 3. The van der Waals surface area contributed by atoms with Crippen LogP contribution >= 0.6 is 0 Å². The Hall–Kier alpha value is -2.78. The summed E-state index contributed by atoms with van der Waals surface area (Å²) in [6.45, 7) is 4.32. The maximum absolute atomic E-state index is 12.4. The van der Waals surface area contributed by atoms with Crippen molar-refractivity contribution in [2.75, 3.05) is 19.6 Å². The molecule has 3 aromatic rings. The third kappa shape index (κ3) is 3.51. The Kier molecular flexibility index (Phi) is 4.87. The topological polar surface area (TPSA) is 67.5 Å². The smallest absolute Gasteiger partial charge is 0.331 e. The van der Waals surface area contributed by atoms with E-state index < -0.39 is 18.8 Å². The number of hydrogen-bond acceptors (Lipinski definition) is 3. The first-order valence-corrected chi connectivity index (χ1v) is 9.73. The minimum absolute atomic E-state index is 0.0118. The SMILES string of the molecule is CC[C@@H]1CN(C(=O)NCC(F)(F)F)C[C@@H]1c1cnc2cnc3c(ccn3CC)n12. The van der Waals surface area contributed by atoms with Gasteiger partial charge in [-0.05, 0) is 18.9 Å². The zero-order valence-corrected chi connectivity index (χ0v) is 16.3. The van der Waals surface area contributed by atoms with Gasteiger partial charge >= 0.3 is 12.2 Å². The minimum Gasteiger partial charge on any atom is -0.331 e. The Morgan fingerprint density at radius 3 is 2.72 bits per heavy atom. The van der Waals surface area contributed by atoms with Gasteiger partial charge in [0, 0.05) is 43.6 Å². The Balaban J connectivity index is 1.66. The molecule has 0 radical (unpaired) electrons. The van der Waals surface area contributed by atoms with Crippen LogP contribution in [0, 0.1) is 5.92 Å². The second-order valence-corrected chi connectivity index (χ2v) is 7.40. The molecule has 0 aliphatic carbocycles. The molecule has 1 aliphatic rings. The van der Waals surface area contributed by atoms with Crippen molar-refractivity contribution in [2.45, 2.75) is 38.9 Å². The number of aryl methyl sites for hydroxylation is 1. The van der Waals surface area contributed by atoms with Crippen molar-refractivity contribution in [3.8, 4) is 0 Å². The summed E-state index contributed by atoms with van der Waals surface area (Å²) in [5.41, 5.74) is 3.46. The first kappa shape index (κ1) is 19.5. The molecular formula is C19H23F3N6O. The Morgan fingerprint density at radius 2 is 2.03 bits per heavy atom. The molecule has 1 fully saturated rings. The van der Waals surface area contributed by atoms with E-state index >= 15 is 0 Å². The summed E-state index contributed by atoms with van der Waals surface area (Å²) in [5, 5.41) is 1.98. The van der Waals surface area contributed by atoms with Crippen molar-refractivity contribution in [3.63, 3.8) is 0 Å². The fraction of sp³-hybridized carbons (Fsp3) is 0.526. The number of amides is 2. The Morgan fingerprint density at radius 1 is 1.24 bits per heavy atom. The lowest BCUT2D eigenvalue weighted by Gasteiger charge is -2.18. The van der Waals surface area contributed by atoms with E-state index in [0.717, 1.165) is 35.5 Å². The predicted molar refractivity (Wildman–Crippen MR) is 102 cm³/mol. The maximum atomic E-state index is 12.4. The van der Waals surface area contributed by atoms with Crippen LogP contribution in [-0.4, -0.2) is 55.7 Å². The molecule has 2 atom stereocenters. The van der Waals surface area contributed by atoms with Gasteiger partial charge in [-0.3, -0.25) is 4.40 Å². The number of urea groups is 1. The second kappa shape index (κ2) is 7.23. The molecule has 1 N–H and O–H groups in total. The van der Waals surface area contributed by atoms with E-state index in [1.165, 1.54) is 4.90 Å². The standard InChI is InChI=1S/C19H23F3N6O/c1-3-12-9-27(18(29)25-11-19(20,21)22)10-13(12)15-7-23-16-8-24-17-14(28(15)16)5-6-26(17)4-2/h5-8,12-13H,3-4,9-11H2,1-2H3,(H,25,29)/t12-,13+/m1/s1. The van der Waals surface area contributed by atoms with Crippen molar-refractivity contribution >= 4 is 22.8 Å². The molecule has 4 rings (SSSR count). The molecule has 0 unspecified atom stereocenters. The molecule has 29 heavy (non-hydrogen) atoms. The summed E-state index contributed by atoms with van der Waals surface area (Å²) < 4.78 is 41.4. The van der Waals surface area contributed by atoms with Gasteiger partial charge in [0.1, 0.15) is 6.54 Å². The molecule has 0 bridgehead atoms. The summed E-state index contributed by atoms with van der Waals surface area (Å²) in [6.07, 6.45) is 1.88. The summed E-state index contributed by atoms with van der Waals surface area (Å²) >= 11 is 0. The van der Waals surface area contributed by atoms with E-state index in [-0.39, 0.29) is 11.8 Å². The largest absolute Gasteiger partial charge is 0.405 e. The first-order chi connectivity index (χ1) is 13.8. The molecule has 1 aliphatic heterocycles. The van der Waals surface area contributed by atoms with Crippen LogP contribution in [0.3, 0.4) is 0 Å². The van der Waals surface area contributed by atoms with E-state index in [0.29, 0.717) is 13.1 Å². The highest BCUT2D eigenvalue weighted by molar-refractivity contribution is 5.76. The number of carbonyl (C=O) groups excluding carboxylic acids is 1. The predicted octanol–water partition coefficient (Wildman–Crippen LogP) is 3.40. The number of fused-ring (bicyclic) bond motifs is 3. The van der Waals surface area contributed by atoms with Gasteiger partial charge < -0.3 is 14.8 Å². The van der Waals surface area contributed by atoms with Crippen LogP contribution in [0.25, 0.3) is 16.8 Å². The monoisotopic (exact) mass is 408 g/mol. The molecular weight excluding hydrogens is 385 g/mol. The van der Waals surface area contributed by atoms with Crippen molar-refractivity contribution in [2.24, 2.45) is 5.92 Å². The lowest BCUT2D eigenvalue weighted by Crippen LogP contribution is -2.42. The minimum atomic E-state index is -4.42. The van der Waals surface area contributed by atoms with Crippen molar-refractivity contribution in [1.82, 2.24) is 29.2 Å². The third-order valence-corrected chi connectivity index (χ3v) is 5.69. The number of aromatic nitrogens is 4. The molecule has 4 heterocycles. The van der Waals surface area contributed by atoms with Gasteiger partial charge in [0.25, 0.3) is 0 Å². The Bertz CT molecular complexity index is 1040. The van der Waals surface area contributed by atoms with Gasteiger partial charge in [0.05, 0.1) is 11.7 Å². The van der Waals surface area contributed by atoms with Crippen LogP contribution in [0.4, 0.5) is 18.0 Å². The number of rotatable bonds is 4. The normalized spacial score (nSPS) is 20.1. The van der Waals surface area contributed by atoms with Gasteiger partial charge in [-0.1, -0.05) is 13.3 Å². The summed E-state index contributed by atoms with van der Waals surface area (Å²) in [5.74, 6) is 0.130. The van der Waals surface area contributed by atoms with Crippen LogP contribution in [0.15, 0.2) is 24.7 Å². The number of carbonyl (C=O) groups is 1. The quantitative estimate of drug-likeness (QED) is 0.720. The molecule has 10 heteroatoms. The zero-order chi connectivity index (χ0) is 20.8. The average Bonchev–Trinajstić information content (AvgIpc) is 3.39. The number of likely N-dealkylation sites (tertiary alicyclic amines) is 1. The number of imidazole rings is 1. The number of hydrogen-bond donors (Lipinski definition) is 1. The maximum Gasteiger partial charge on any atom is 0.405 e. The molecule has 156 valence electrons. The van der Waals surface area contributed by atoms with E-state index in [9.17, 15) is 18.0 Å². The van der Waals surface area contributed by atoms with Crippen LogP contribution in [0.2, 0.25) is 0 Å². The van der Waals surface area contributed by atoms with Gasteiger partial charge in [-0.25, -0.2) is 14.8 Å². The van der Waals surface area contributed by atoms with Gasteiger partial charge in [0.2, 0.25) is 0 Å². The van der Waals surface area contributed by atoms with Gasteiger partial charge in [0.15, 0.2) is 11.3 Å². The highest BCUT2D eigenvalue weighted by Crippen LogP contribution is 2.36. The van der Waals surface area contributed by atoms with Crippen LogP contribution in [0.1, 0.15) is 31.9 Å². The van der Waals surface area contributed by atoms with Gasteiger partial charge in [-0.15, -0.1) is 0 Å². The van der Waals surface area contributed by atoms with Gasteiger partial charge in [-0.2, -0.15) is 13.2 Å². The van der Waals surface area contributed by atoms with Crippen molar-refractivity contribution in [3.05, 3.63) is 30.4 Å². The lowest BCUT2D eigenvalue weighted by atomic mass is 9.91. The highest BCUT2D eigenvalue weighted by Gasteiger charge is 2.38. The molecule has 2 amide bonds. The number of nitrogens with zero attached hydrogens (tertiary/aromatic N) is 5. The van der Waals surface area contributed by atoms with E-state index in [4.69, 9.17) is 0 Å². The molecule has 0 aromatic carbocycles. The van der Waals surface area contributed by atoms with E-state index in [2.05, 4.69) is 14.4 Å². The van der Waals surface area contributed by atoms with E-state index in [1.54, 1.807) is 12.4 Å². The van der Waals surface area contributed by atoms with Crippen molar-refractivity contribution in [1.29, 1.82) is 0 Å². The highest BCUT2D eigenvalue weighted by atomic mass is 19.4.